The third-order valence-electron chi connectivity index (χ3n) is 9.08. The van der Waals surface area contributed by atoms with Gasteiger partial charge in [-0.15, -0.1) is 0 Å². The lowest BCUT2D eigenvalue weighted by molar-refractivity contribution is 0.0691. The van der Waals surface area contributed by atoms with E-state index in [-0.39, 0.29) is 0 Å². The van der Waals surface area contributed by atoms with Crippen LogP contribution in [0.2, 0.25) is 0 Å². The van der Waals surface area contributed by atoms with Crippen molar-refractivity contribution >= 4 is 11.7 Å². The number of aromatic amines is 1. The van der Waals surface area contributed by atoms with Gasteiger partial charge in [-0.25, -0.2) is 4.79 Å². The van der Waals surface area contributed by atoms with Crippen LogP contribution in [-0.4, -0.2) is 45.2 Å². The number of nitrogens with one attached hydrogen (secondary N) is 1. The fourth-order valence-corrected chi connectivity index (χ4v) is 6.98. The van der Waals surface area contributed by atoms with Crippen molar-refractivity contribution in [3.63, 3.8) is 0 Å². The first-order chi connectivity index (χ1) is 20.4. The molecular formula is C35H37N3O4. The first-order valence-corrected chi connectivity index (χ1v) is 14.8. The second-order valence-electron chi connectivity index (χ2n) is 11.7. The molecule has 4 aromatic rings. The van der Waals surface area contributed by atoms with Crippen LogP contribution in [0.4, 0.5) is 5.69 Å². The van der Waals surface area contributed by atoms with Crippen LogP contribution in [0, 0.1) is 11.8 Å². The molecule has 0 spiro atoms. The smallest absolute Gasteiger partial charge is 0.345 e. The molecule has 2 aliphatic rings. The molecule has 0 radical (unpaired) electrons. The van der Waals surface area contributed by atoms with Crippen LogP contribution in [0.1, 0.15) is 46.8 Å². The van der Waals surface area contributed by atoms with Gasteiger partial charge in [0.2, 0.25) is 0 Å². The molecule has 1 saturated carbocycles. The first kappa shape index (κ1) is 27.8. The number of hydrogen-bond donors (Lipinski definition) is 3. The monoisotopic (exact) mass is 563 g/mol. The SMILES string of the molecule is CCc1c(-c2ccc(N3C[C@H]4C[C@H](N(Cc5ccccc5)Cc5ccccc5)C[C@H]4C3)cc2)[nH]c(=O)c(C(=O)O)c1O. The van der Waals surface area contributed by atoms with E-state index in [0.717, 1.165) is 37.4 Å². The molecule has 3 aromatic carbocycles. The average Bonchev–Trinajstić information content (AvgIpc) is 3.58. The summed E-state index contributed by atoms with van der Waals surface area (Å²) >= 11 is 0. The number of nitrogens with zero attached hydrogens (tertiary/aromatic N) is 2. The van der Waals surface area contributed by atoms with Crippen LogP contribution in [0.5, 0.6) is 5.75 Å². The van der Waals surface area contributed by atoms with Crippen LogP contribution < -0.4 is 10.5 Å². The number of fused-ring (bicyclic) bond motifs is 1. The van der Waals surface area contributed by atoms with E-state index in [4.69, 9.17) is 0 Å². The number of H-pyrrole nitrogens is 1. The summed E-state index contributed by atoms with van der Waals surface area (Å²) in [6, 6.07) is 30.1. The molecular weight excluding hydrogens is 526 g/mol. The molecule has 0 amide bonds. The maximum absolute atomic E-state index is 12.4. The topological polar surface area (TPSA) is 96.9 Å². The van der Waals surface area contributed by atoms with Gasteiger partial charge in [0, 0.05) is 43.5 Å². The van der Waals surface area contributed by atoms with Gasteiger partial charge in [0.1, 0.15) is 5.75 Å². The lowest BCUT2D eigenvalue weighted by Gasteiger charge is -2.31. The lowest BCUT2D eigenvalue weighted by Crippen LogP contribution is -2.34. The molecule has 7 nitrogen and oxygen atoms in total. The summed E-state index contributed by atoms with van der Waals surface area (Å²) in [5.74, 6) is -0.599. The maximum Gasteiger partial charge on any atom is 0.345 e. The number of aromatic hydroxyl groups is 1. The maximum atomic E-state index is 12.4. The molecule has 3 N–H and O–H groups in total. The molecule has 1 aromatic heterocycles. The van der Waals surface area contributed by atoms with E-state index in [2.05, 4.69) is 87.6 Å². The Hall–Kier alpha value is -4.36. The van der Waals surface area contributed by atoms with Gasteiger partial charge in [-0.3, -0.25) is 9.69 Å². The third kappa shape index (κ3) is 5.57. The minimum absolute atomic E-state index is 0.391. The summed E-state index contributed by atoms with van der Waals surface area (Å²) in [6.45, 7) is 5.78. The Balaban J connectivity index is 1.15. The number of hydrogen-bond acceptors (Lipinski definition) is 5. The molecule has 42 heavy (non-hydrogen) atoms. The van der Waals surface area contributed by atoms with E-state index in [1.165, 1.54) is 24.0 Å². The van der Waals surface area contributed by atoms with Crippen LogP contribution in [0.25, 0.3) is 11.3 Å². The summed E-state index contributed by atoms with van der Waals surface area (Å²) < 4.78 is 0. The van der Waals surface area contributed by atoms with E-state index in [1.54, 1.807) is 0 Å². The first-order valence-electron chi connectivity index (χ1n) is 14.8. The molecule has 0 unspecified atom stereocenters. The Morgan fingerprint density at radius 2 is 1.43 bits per heavy atom. The molecule has 3 atom stereocenters. The van der Waals surface area contributed by atoms with Crippen LogP contribution in [0.3, 0.4) is 0 Å². The molecule has 2 heterocycles. The van der Waals surface area contributed by atoms with Crippen molar-refractivity contribution in [1.29, 1.82) is 0 Å². The van der Waals surface area contributed by atoms with Crippen LogP contribution in [0.15, 0.2) is 89.7 Å². The fourth-order valence-electron chi connectivity index (χ4n) is 6.98. The summed E-state index contributed by atoms with van der Waals surface area (Å²) in [4.78, 5) is 31.7. The third-order valence-corrected chi connectivity index (χ3v) is 9.08. The number of pyridine rings is 1. The predicted molar refractivity (Wildman–Crippen MR) is 165 cm³/mol. The van der Waals surface area contributed by atoms with Crippen molar-refractivity contribution in [2.45, 2.75) is 45.3 Å². The Labute approximate surface area is 246 Å². The number of aromatic carboxylic acids is 1. The number of anilines is 1. The predicted octanol–water partition coefficient (Wildman–Crippen LogP) is 5.93. The molecule has 1 saturated heterocycles. The van der Waals surface area contributed by atoms with Crippen molar-refractivity contribution < 1.29 is 15.0 Å². The summed E-state index contributed by atoms with van der Waals surface area (Å²) in [7, 11) is 0. The Bertz CT molecular complexity index is 1550. The summed E-state index contributed by atoms with van der Waals surface area (Å²) in [5, 5.41) is 19.9. The highest BCUT2D eigenvalue weighted by atomic mass is 16.4. The van der Waals surface area contributed by atoms with Gasteiger partial charge >= 0.3 is 5.97 Å². The van der Waals surface area contributed by atoms with E-state index < -0.39 is 22.8 Å². The number of carbonyl (C=O) groups is 1. The van der Waals surface area contributed by atoms with Crippen LogP contribution in [-0.2, 0) is 19.5 Å². The quantitative estimate of drug-likeness (QED) is 0.234. The molecule has 2 fully saturated rings. The number of benzene rings is 3. The van der Waals surface area contributed by atoms with E-state index in [0.29, 0.717) is 35.6 Å². The van der Waals surface area contributed by atoms with Crippen molar-refractivity contribution in [2.75, 3.05) is 18.0 Å². The number of carboxylic acid groups (broad SMARTS) is 1. The van der Waals surface area contributed by atoms with Crippen molar-refractivity contribution in [1.82, 2.24) is 9.88 Å². The van der Waals surface area contributed by atoms with Crippen LogP contribution >= 0.6 is 0 Å². The summed E-state index contributed by atoms with van der Waals surface area (Å²) in [5.41, 5.74) is 4.08. The largest absolute Gasteiger partial charge is 0.506 e. The Morgan fingerprint density at radius 1 is 0.881 bits per heavy atom. The second-order valence-corrected chi connectivity index (χ2v) is 11.7. The van der Waals surface area contributed by atoms with Crippen molar-refractivity contribution in [3.8, 4) is 17.0 Å². The summed E-state index contributed by atoms with van der Waals surface area (Å²) in [6.07, 6.45) is 2.77. The van der Waals surface area contributed by atoms with Crippen molar-refractivity contribution in [3.05, 3.63) is 118 Å². The second kappa shape index (κ2) is 11.9. The van der Waals surface area contributed by atoms with Gasteiger partial charge < -0.3 is 20.1 Å². The van der Waals surface area contributed by atoms with Gasteiger partial charge in [-0.05, 0) is 59.9 Å². The van der Waals surface area contributed by atoms with Gasteiger partial charge in [0.05, 0.1) is 5.69 Å². The van der Waals surface area contributed by atoms with Gasteiger partial charge in [0.15, 0.2) is 5.56 Å². The number of carboxylic acids is 1. The van der Waals surface area contributed by atoms with Crippen molar-refractivity contribution in [2.24, 2.45) is 11.8 Å². The number of rotatable bonds is 9. The zero-order valence-corrected chi connectivity index (χ0v) is 23.9. The van der Waals surface area contributed by atoms with Gasteiger partial charge in [-0.2, -0.15) is 0 Å². The minimum Gasteiger partial charge on any atom is -0.506 e. The zero-order chi connectivity index (χ0) is 29.2. The fraction of sp³-hybridized carbons (Fsp3) is 0.314. The van der Waals surface area contributed by atoms with E-state index in [9.17, 15) is 19.8 Å². The normalized spacial score (nSPS) is 19.8. The highest BCUT2D eigenvalue weighted by molar-refractivity contribution is 5.92. The van der Waals surface area contributed by atoms with Gasteiger partial charge in [-0.1, -0.05) is 79.7 Å². The molecule has 6 rings (SSSR count). The molecule has 1 aliphatic carbocycles. The Kier molecular flexibility index (Phi) is 7.85. The minimum atomic E-state index is -1.43. The standard InChI is InChI=1S/C35H37N3O4/c1-2-30-32(36-34(40)31(33(30)39)35(41)42)25-13-15-28(16-14-25)38-21-26-17-29(18-27(26)22-38)37(19-23-9-5-3-6-10-23)20-24-11-7-4-8-12-24/h3-16,26-27,29H,2,17-22H2,1H3,(H,41,42)(H2,36,39,40)/t26-,27+,29+. The Morgan fingerprint density at radius 3 is 1.93 bits per heavy atom. The van der Waals surface area contributed by atoms with E-state index in [1.807, 2.05) is 19.1 Å². The molecule has 7 heteroatoms. The van der Waals surface area contributed by atoms with Gasteiger partial charge in [0.25, 0.3) is 5.56 Å². The number of aromatic nitrogens is 1. The highest BCUT2D eigenvalue weighted by Crippen LogP contribution is 2.43. The molecule has 0 bridgehead atoms. The average molecular weight is 564 g/mol. The highest BCUT2D eigenvalue weighted by Gasteiger charge is 2.42. The molecule has 1 aliphatic heterocycles. The lowest BCUT2D eigenvalue weighted by atomic mass is 10.0. The zero-order valence-electron chi connectivity index (χ0n) is 23.9. The molecule has 216 valence electrons. The van der Waals surface area contributed by atoms with E-state index >= 15 is 0 Å².